The van der Waals surface area contributed by atoms with Crippen molar-refractivity contribution in [3.63, 3.8) is 0 Å². The van der Waals surface area contributed by atoms with E-state index in [1.807, 2.05) is 25.1 Å². The third-order valence-electron chi connectivity index (χ3n) is 5.43. The van der Waals surface area contributed by atoms with Crippen LogP contribution < -0.4 is 14.8 Å². The van der Waals surface area contributed by atoms with Gasteiger partial charge >= 0.3 is 0 Å². The van der Waals surface area contributed by atoms with Gasteiger partial charge in [0, 0.05) is 25.3 Å². The van der Waals surface area contributed by atoms with Gasteiger partial charge in [0.2, 0.25) is 5.91 Å². The van der Waals surface area contributed by atoms with Crippen molar-refractivity contribution < 1.29 is 19.4 Å². The second-order valence-corrected chi connectivity index (χ2v) is 9.71. The molecule has 9 heteroatoms. The summed E-state index contributed by atoms with van der Waals surface area (Å²) in [6.07, 6.45) is 2.36. The van der Waals surface area contributed by atoms with Gasteiger partial charge in [-0.3, -0.25) is 4.79 Å². The van der Waals surface area contributed by atoms with Crippen LogP contribution in [0.1, 0.15) is 25.0 Å². The summed E-state index contributed by atoms with van der Waals surface area (Å²) in [7, 11) is 1.64. The van der Waals surface area contributed by atoms with Crippen molar-refractivity contribution in [3.05, 3.63) is 48.2 Å². The van der Waals surface area contributed by atoms with Crippen LogP contribution in [0.25, 0.3) is 10.4 Å². The Morgan fingerprint density at radius 3 is 2.73 bits per heavy atom. The first-order chi connectivity index (χ1) is 16.0. The van der Waals surface area contributed by atoms with Crippen molar-refractivity contribution in [3.8, 4) is 21.9 Å². The molecule has 3 aromatic rings. The van der Waals surface area contributed by atoms with E-state index in [1.54, 1.807) is 31.4 Å². The van der Waals surface area contributed by atoms with Crippen LogP contribution >= 0.6 is 23.3 Å². The maximum atomic E-state index is 12.5. The lowest BCUT2D eigenvalue weighted by atomic mass is 9.96. The summed E-state index contributed by atoms with van der Waals surface area (Å²) in [4.78, 5) is 19.0. The first-order valence-corrected chi connectivity index (χ1v) is 12.4. The summed E-state index contributed by atoms with van der Waals surface area (Å²) in [6, 6.07) is 12.9. The van der Waals surface area contributed by atoms with Gasteiger partial charge in [0.15, 0.2) is 5.13 Å². The number of aryl methyl sites for hydroxylation is 1. The number of thiazole rings is 1. The molecule has 1 saturated heterocycles. The zero-order chi connectivity index (χ0) is 23.2. The normalized spacial score (nSPS) is 14.1. The molecule has 0 bridgehead atoms. The molecule has 174 valence electrons. The molecule has 0 spiro atoms. The van der Waals surface area contributed by atoms with Gasteiger partial charge in [0.25, 0.3) is 0 Å². The average molecular weight is 486 g/mol. The molecular formula is C24H27N3O4S2. The number of hydrogen-bond acceptors (Lipinski definition) is 8. The third kappa shape index (κ3) is 6.19. The maximum absolute atomic E-state index is 12.5. The molecule has 1 aliphatic heterocycles. The Balaban J connectivity index is 1.46. The molecule has 1 aliphatic rings. The number of rotatable bonds is 8. The molecule has 0 saturated carbocycles. The van der Waals surface area contributed by atoms with E-state index in [0.29, 0.717) is 17.5 Å². The van der Waals surface area contributed by atoms with E-state index >= 15 is 0 Å². The number of phenolic OH excluding ortho intramolecular Hbond substituents is 1. The minimum atomic E-state index is 0.00581. The molecule has 1 aromatic heterocycles. The van der Waals surface area contributed by atoms with Crippen LogP contribution in [0.5, 0.6) is 11.5 Å². The van der Waals surface area contributed by atoms with Crippen LogP contribution in [-0.4, -0.2) is 36.3 Å². The molecule has 0 radical (unpaired) electrons. The Morgan fingerprint density at radius 1 is 1.24 bits per heavy atom. The number of methoxy groups -OCH3 is 1. The van der Waals surface area contributed by atoms with Crippen molar-refractivity contribution in [2.75, 3.05) is 30.4 Å². The van der Waals surface area contributed by atoms with Crippen molar-refractivity contribution in [2.45, 2.75) is 31.1 Å². The highest BCUT2D eigenvalue weighted by Crippen LogP contribution is 2.38. The fraction of sp³-hybridized carbons (Fsp3) is 0.333. The second-order valence-electron chi connectivity index (χ2n) is 7.86. The van der Waals surface area contributed by atoms with Crippen LogP contribution in [-0.2, 0) is 9.53 Å². The molecule has 1 fully saturated rings. The van der Waals surface area contributed by atoms with Crippen molar-refractivity contribution >= 4 is 40.0 Å². The molecule has 2 heterocycles. The number of benzene rings is 2. The number of anilines is 2. The zero-order valence-corrected chi connectivity index (χ0v) is 20.2. The average Bonchev–Trinajstić information content (AvgIpc) is 3.18. The number of aromatic hydroxyl groups is 1. The number of carbonyl (C=O) groups excluding carboxylic acids is 1. The first kappa shape index (κ1) is 23.4. The highest BCUT2D eigenvalue weighted by Gasteiger charge is 2.19. The number of nitrogens with zero attached hydrogens (tertiary/aromatic N) is 1. The largest absolute Gasteiger partial charge is 0.508 e. The van der Waals surface area contributed by atoms with Crippen LogP contribution in [0.3, 0.4) is 0 Å². The molecule has 4 rings (SSSR count). The van der Waals surface area contributed by atoms with E-state index in [0.717, 1.165) is 58.5 Å². The Morgan fingerprint density at radius 2 is 2.00 bits per heavy atom. The minimum Gasteiger partial charge on any atom is -0.508 e. The monoisotopic (exact) mass is 485 g/mol. The van der Waals surface area contributed by atoms with Crippen molar-refractivity contribution in [1.82, 2.24) is 4.98 Å². The summed E-state index contributed by atoms with van der Waals surface area (Å²) in [5.41, 5.74) is 2.74. The van der Waals surface area contributed by atoms with Gasteiger partial charge in [-0.25, -0.2) is 4.98 Å². The summed E-state index contributed by atoms with van der Waals surface area (Å²) in [5, 5.41) is 13.1. The summed E-state index contributed by atoms with van der Waals surface area (Å²) >= 11 is 2.90. The molecule has 0 unspecified atom stereocenters. The second kappa shape index (κ2) is 10.9. The Kier molecular flexibility index (Phi) is 7.74. The number of phenols is 1. The molecular weight excluding hydrogens is 458 g/mol. The lowest BCUT2D eigenvalue weighted by Crippen LogP contribution is -2.22. The van der Waals surface area contributed by atoms with Crippen LogP contribution in [0.2, 0.25) is 0 Å². The van der Waals surface area contributed by atoms with E-state index < -0.39 is 0 Å². The number of carbonyl (C=O) groups is 1. The van der Waals surface area contributed by atoms with Gasteiger partial charge in [-0.05, 0) is 85.7 Å². The van der Waals surface area contributed by atoms with Gasteiger partial charge in [-0.2, -0.15) is 0 Å². The van der Waals surface area contributed by atoms with Gasteiger partial charge in [0.05, 0.1) is 22.6 Å². The standard InChI is InChI=1S/C24H27N3O4S2/c1-15-23(32-24(25-15)26-22(29)13-16-9-11-31-12-10-16)17-3-8-20(30-2)21(14-17)33-27-18-4-6-19(28)7-5-18/h3-8,14,16,27-28H,9-13H2,1-2H3,(H,25,26,29). The Bertz CT molecular complexity index is 1100. The van der Waals surface area contributed by atoms with Crippen LogP contribution in [0.4, 0.5) is 10.8 Å². The summed E-state index contributed by atoms with van der Waals surface area (Å²) in [5.74, 6) is 1.36. The summed E-state index contributed by atoms with van der Waals surface area (Å²) in [6.45, 7) is 3.42. The number of amides is 1. The number of aromatic nitrogens is 1. The SMILES string of the molecule is COc1ccc(-c2sc(NC(=O)CC3CCOCC3)nc2C)cc1SNc1ccc(O)cc1. The van der Waals surface area contributed by atoms with Gasteiger partial charge < -0.3 is 24.6 Å². The number of ether oxygens (including phenoxy) is 2. The summed E-state index contributed by atoms with van der Waals surface area (Å²) < 4.78 is 14.2. The van der Waals surface area contributed by atoms with E-state index in [9.17, 15) is 9.90 Å². The quantitative estimate of drug-likeness (QED) is 0.278. The molecule has 33 heavy (non-hydrogen) atoms. The van der Waals surface area contributed by atoms with Crippen LogP contribution in [0, 0.1) is 12.8 Å². The third-order valence-corrected chi connectivity index (χ3v) is 7.43. The maximum Gasteiger partial charge on any atom is 0.226 e. The van der Waals surface area contributed by atoms with E-state index in [2.05, 4.69) is 15.0 Å². The van der Waals surface area contributed by atoms with Gasteiger partial charge in [0.1, 0.15) is 11.5 Å². The molecule has 2 aromatic carbocycles. The fourth-order valence-corrected chi connectivity index (χ4v) is 5.42. The predicted molar refractivity (Wildman–Crippen MR) is 133 cm³/mol. The zero-order valence-electron chi connectivity index (χ0n) is 18.6. The smallest absolute Gasteiger partial charge is 0.226 e. The topological polar surface area (TPSA) is 92.7 Å². The van der Waals surface area contributed by atoms with Crippen LogP contribution in [0.15, 0.2) is 47.4 Å². The van der Waals surface area contributed by atoms with E-state index in [1.165, 1.54) is 23.3 Å². The fourth-order valence-electron chi connectivity index (χ4n) is 3.64. The molecule has 7 nitrogen and oxygen atoms in total. The highest BCUT2D eigenvalue weighted by atomic mass is 32.2. The van der Waals surface area contributed by atoms with Crippen molar-refractivity contribution in [2.24, 2.45) is 5.92 Å². The predicted octanol–water partition coefficient (Wildman–Crippen LogP) is 5.71. The van der Waals surface area contributed by atoms with E-state index in [-0.39, 0.29) is 11.7 Å². The van der Waals surface area contributed by atoms with Gasteiger partial charge in [-0.1, -0.05) is 11.3 Å². The van der Waals surface area contributed by atoms with E-state index in [4.69, 9.17) is 9.47 Å². The van der Waals surface area contributed by atoms with Gasteiger partial charge in [-0.15, -0.1) is 0 Å². The van der Waals surface area contributed by atoms with Crippen molar-refractivity contribution in [1.29, 1.82) is 0 Å². The first-order valence-electron chi connectivity index (χ1n) is 10.8. The number of nitrogens with one attached hydrogen (secondary N) is 2. The molecule has 0 atom stereocenters. The molecule has 1 amide bonds. The number of hydrogen-bond donors (Lipinski definition) is 3. The molecule has 3 N–H and O–H groups in total. The Hall–Kier alpha value is -2.75. The highest BCUT2D eigenvalue weighted by molar-refractivity contribution is 8.00. The molecule has 0 aliphatic carbocycles. The lowest BCUT2D eigenvalue weighted by Gasteiger charge is -2.20. The minimum absolute atomic E-state index is 0.00581. The Labute approximate surface area is 201 Å². The lowest BCUT2D eigenvalue weighted by molar-refractivity contribution is -0.117.